The number of hydrogen-bond donors (Lipinski definition) is 2. The fourth-order valence-electron chi connectivity index (χ4n) is 4.52. The van der Waals surface area contributed by atoms with E-state index in [4.69, 9.17) is 17.3 Å². The number of nitrogens with two attached hydrogens (primary N) is 1. The van der Waals surface area contributed by atoms with E-state index >= 15 is 0 Å². The van der Waals surface area contributed by atoms with E-state index in [2.05, 4.69) is 24.0 Å². The molecule has 0 saturated carbocycles. The number of nitrogens with zero attached hydrogens (tertiary/aromatic N) is 1. The average Bonchev–Trinajstić information content (AvgIpc) is 2.74. The molecule has 5 nitrogen and oxygen atoms in total. The third kappa shape index (κ3) is 4.78. The molecule has 1 aliphatic rings. The van der Waals surface area contributed by atoms with E-state index in [1.807, 2.05) is 12.1 Å². The Labute approximate surface area is 182 Å². The van der Waals surface area contributed by atoms with Crippen LogP contribution in [0.4, 0.5) is 5.69 Å². The van der Waals surface area contributed by atoms with Gasteiger partial charge in [0.1, 0.15) is 0 Å². The molecule has 0 aromatic heterocycles. The number of carboxylic acid groups (broad SMARTS) is 1. The van der Waals surface area contributed by atoms with Crippen LogP contribution < -0.4 is 10.6 Å². The van der Waals surface area contributed by atoms with Crippen molar-refractivity contribution < 1.29 is 14.7 Å². The Morgan fingerprint density at radius 3 is 2.40 bits per heavy atom. The number of amides is 1. The largest absolute Gasteiger partial charge is 0.478 e. The Morgan fingerprint density at radius 1 is 1.10 bits per heavy atom. The summed E-state index contributed by atoms with van der Waals surface area (Å²) < 4.78 is 0. The minimum atomic E-state index is -1.06. The number of primary amides is 1. The van der Waals surface area contributed by atoms with Gasteiger partial charge in [0.05, 0.1) is 11.5 Å². The molecule has 6 heteroatoms. The molecule has 2 aromatic rings. The summed E-state index contributed by atoms with van der Waals surface area (Å²) in [6.07, 6.45) is 5.22. The van der Waals surface area contributed by atoms with Gasteiger partial charge in [-0.1, -0.05) is 49.2 Å². The highest BCUT2D eigenvalue weighted by Gasteiger charge is 2.33. The molecule has 0 radical (unpaired) electrons. The zero-order valence-electron chi connectivity index (χ0n) is 17.3. The van der Waals surface area contributed by atoms with Crippen LogP contribution >= 0.6 is 11.6 Å². The van der Waals surface area contributed by atoms with Crippen LogP contribution in [-0.4, -0.2) is 30.1 Å². The van der Waals surface area contributed by atoms with Crippen LogP contribution in [0.2, 0.25) is 5.02 Å². The first-order valence-electron chi connectivity index (χ1n) is 10.6. The van der Waals surface area contributed by atoms with Crippen molar-refractivity contribution in [2.75, 3.05) is 18.0 Å². The molecule has 1 aliphatic heterocycles. The predicted octanol–water partition coefficient (Wildman–Crippen LogP) is 5.18. The number of carbonyl (C=O) groups is 2. The van der Waals surface area contributed by atoms with Crippen molar-refractivity contribution in [3.63, 3.8) is 0 Å². The van der Waals surface area contributed by atoms with Gasteiger partial charge in [-0.3, -0.25) is 4.79 Å². The van der Waals surface area contributed by atoms with Gasteiger partial charge in [0.2, 0.25) is 5.91 Å². The maximum Gasteiger partial charge on any atom is 0.335 e. The van der Waals surface area contributed by atoms with E-state index in [9.17, 15) is 14.7 Å². The minimum Gasteiger partial charge on any atom is -0.478 e. The zero-order valence-corrected chi connectivity index (χ0v) is 18.1. The minimum absolute atomic E-state index is 0.0905. The first-order chi connectivity index (χ1) is 14.4. The number of benzene rings is 2. The highest BCUT2D eigenvalue weighted by atomic mass is 35.5. The number of piperidine rings is 1. The van der Waals surface area contributed by atoms with Gasteiger partial charge in [0.25, 0.3) is 0 Å². The lowest BCUT2D eigenvalue weighted by Gasteiger charge is -2.34. The summed E-state index contributed by atoms with van der Waals surface area (Å²) in [5.41, 5.74) is 8.83. The lowest BCUT2D eigenvalue weighted by Crippen LogP contribution is -2.32. The van der Waals surface area contributed by atoms with Crippen molar-refractivity contribution in [2.45, 2.75) is 50.9 Å². The quantitative estimate of drug-likeness (QED) is 0.606. The number of carbonyl (C=O) groups excluding carboxylic acids is 1. The fraction of sp³-hybridized carbons (Fsp3) is 0.417. The first-order valence-corrected chi connectivity index (χ1v) is 11.0. The molecule has 2 atom stereocenters. The second kappa shape index (κ2) is 9.98. The van der Waals surface area contributed by atoms with Crippen molar-refractivity contribution in [1.29, 1.82) is 0 Å². The molecule has 30 heavy (non-hydrogen) atoms. The maximum atomic E-state index is 12.7. The van der Waals surface area contributed by atoms with Gasteiger partial charge >= 0.3 is 5.97 Å². The van der Waals surface area contributed by atoms with E-state index in [1.54, 1.807) is 6.07 Å². The molecule has 3 rings (SSSR count). The molecule has 1 saturated heterocycles. The van der Waals surface area contributed by atoms with Crippen LogP contribution in [-0.2, 0) is 4.79 Å². The van der Waals surface area contributed by atoms with Crippen molar-refractivity contribution in [3.05, 3.63) is 64.2 Å². The number of hydrogen-bond acceptors (Lipinski definition) is 3. The molecule has 0 bridgehead atoms. The van der Waals surface area contributed by atoms with Crippen LogP contribution in [0.5, 0.6) is 0 Å². The van der Waals surface area contributed by atoms with Crippen molar-refractivity contribution in [3.8, 4) is 0 Å². The summed E-state index contributed by atoms with van der Waals surface area (Å²) in [5.74, 6) is -2.28. The maximum absolute atomic E-state index is 12.7. The third-order valence-electron chi connectivity index (χ3n) is 5.92. The standard InChI is InChI=1S/C24H29ClN2O3/c1-2-8-18(17-9-4-5-10-21(17)27-13-6-3-7-14-27)22(23(26)28)19-12-11-16(24(29)30)15-20(19)25/h4-5,9-12,15,18,22H,2-3,6-8,13-14H2,1H3,(H2,26,28)(H,29,30). The summed E-state index contributed by atoms with van der Waals surface area (Å²) in [4.78, 5) is 26.4. The van der Waals surface area contributed by atoms with E-state index in [0.717, 1.165) is 50.0 Å². The van der Waals surface area contributed by atoms with E-state index < -0.39 is 17.8 Å². The molecule has 1 fully saturated rings. The number of rotatable bonds is 8. The third-order valence-corrected chi connectivity index (χ3v) is 6.25. The van der Waals surface area contributed by atoms with Gasteiger partial charge in [0, 0.05) is 29.7 Å². The number of halogens is 1. The average molecular weight is 429 g/mol. The second-order valence-electron chi connectivity index (χ2n) is 7.92. The van der Waals surface area contributed by atoms with Crippen molar-refractivity contribution in [1.82, 2.24) is 0 Å². The van der Waals surface area contributed by atoms with Gasteiger partial charge in [-0.2, -0.15) is 0 Å². The summed E-state index contributed by atoms with van der Waals surface area (Å²) in [5, 5.41) is 9.50. The molecular formula is C24H29ClN2O3. The highest BCUT2D eigenvalue weighted by Crippen LogP contribution is 2.43. The number of para-hydroxylation sites is 1. The van der Waals surface area contributed by atoms with Gasteiger partial charge in [-0.25, -0.2) is 4.79 Å². The van der Waals surface area contributed by atoms with Gasteiger partial charge in [-0.15, -0.1) is 0 Å². The van der Waals surface area contributed by atoms with E-state index in [0.29, 0.717) is 5.56 Å². The van der Waals surface area contributed by atoms with Crippen LogP contribution in [0, 0.1) is 0 Å². The lowest BCUT2D eigenvalue weighted by molar-refractivity contribution is -0.120. The lowest BCUT2D eigenvalue weighted by atomic mass is 9.77. The van der Waals surface area contributed by atoms with Gasteiger partial charge in [-0.05, 0) is 55.0 Å². The van der Waals surface area contributed by atoms with Crippen molar-refractivity contribution >= 4 is 29.2 Å². The molecule has 0 spiro atoms. The Morgan fingerprint density at radius 2 is 1.80 bits per heavy atom. The Hall–Kier alpha value is -2.53. The molecule has 2 unspecified atom stereocenters. The Kier molecular flexibility index (Phi) is 7.38. The molecular weight excluding hydrogens is 400 g/mol. The summed E-state index contributed by atoms with van der Waals surface area (Å²) in [6, 6.07) is 12.8. The zero-order chi connectivity index (χ0) is 21.7. The molecule has 160 valence electrons. The van der Waals surface area contributed by atoms with Crippen LogP contribution in [0.25, 0.3) is 0 Å². The fourth-order valence-corrected chi connectivity index (χ4v) is 4.82. The van der Waals surface area contributed by atoms with Crippen LogP contribution in [0.15, 0.2) is 42.5 Å². The van der Waals surface area contributed by atoms with Gasteiger partial charge < -0.3 is 15.7 Å². The normalized spacial score (nSPS) is 16.1. The topological polar surface area (TPSA) is 83.6 Å². The van der Waals surface area contributed by atoms with Crippen molar-refractivity contribution in [2.24, 2.45) is 5.73 Å². The van der Waals surface area contributed by atoms with E-state index in [-0.39, 0.29) is 16.5 Å². The molecule has 2 aromatic carbocycles. The molecule has 3 N–H and O–H groups in total. The summed E-state index contributed by atoms with van der Waals surface area (Å²) in [7, 11) is 0. The predicted molar refractivity (Wildman–Crippen MR) is 121 cm³/mol. The molecule has 0 aliphatic carbocycles. The highest BCUT2D eigenvalue weighted by molar-refractivity contribution is 6.32. The summed E-state index contributed by atoms with van der Waals surface area (Å²) in [6.45, 7) is 4.10. The summed E-state index contributed by atoms with van der Waals surface area (Å²) >= 11 is 6.45. The van der Waals surface area contributed by atoms with Crippen LogP contribution in [0.1, 0.15) is 72.3 Å². The molecule has 1 amide bonds. The van der Waals surface area contributed by atoms with Crippen LogP contribution in [0.3, 0.4) is 0 Å². The second-order valence-corrected chi connectivity index (χ2v) is 8.33. The van der Waals surface area contributed by atoms with Gasteiger partial charge in [0.15, 0.2) is 0 Å². The SMILES string of the molecule is CCCC(c1ccccc1N1CCCCC1)C(C(N)=O)c1ccc(C(=O)O)cc1Cl. The number of aromatic carboxylic acids is 1. The monoisotopic (exact) mass is 428 g/mol. The molecule has 1 heterocycles. The Bertz CT molecular complexity index is 909. The van der Waals surface area contributed by atoms with E-state index in [1.165, 1.54) is 18.6 Å². The first kappa shape index (κ1) is 22.2. The Balaban J connectivity index is 2.08. The number of carboxylic acids is 1. The smallest absolute Gasteiger partial charge is 0.335 e. The number of anilines is 1.